The molecule has 0 bridgehead atoms. The Morgan fingerprint density at radius 1 is 0.615 bits per heavy atom. The molecule has 0 atom stereocenters. The SMILES string of the molecule is C=NC(=NC(=N\C=C/C=C\C=C\C)c1cccc2cc(-c3ccc4ccccc4c3)ccc12)c1ccccc1. The molecule has 0 N–H and O–H groups in total. The summed E-state index contributed by atoms with van der Waals surface area (Å²) in [7, 11) is 0. The molecule has 0 amide bonds. The molecule has 0 fully saturated rings. The van der Waals surface area contributed by atoms with Crippen LogP contribution in [0.3, 0.4) is 0 Å². The summed E-state index contributed by atoms with van der Waals surface area (Å²) in [6.45, 7) is 5.76. The van der Waals surface area contributed by atoms with Gasteiger partial charge in [0.25, 0.3) is 0 Å². The number of fused-ring (bicyclic) bond motifs is 2. The zero-order chi connectivity index (χ0) is 26.9. The van der Waals surface area contributed by atoms with Crippen LogP contribution in [-0.2, 0) is 0 Å². The molecule has 0 spiro atoms. The Balaban J connectivity index is 1.60. The summed E-state index contributed by atoms with van der Waals surface area (Å²) in [4.78, 5) is 13.9. The first-order chi connectivity index (χ1) is 19.3. The molecule has 0 aliphatic rings. The molecule has 5 aromatic rings. The van der Waals surface area contributed by atoms with Crippen LogP contribution < -0.4 is 0 Å². The average molecular weight is 504 g/mol. The molecule has 3 nitrogen and oxygen atoms in total. The molecular formula is C36H29N3. The number of hydrogen-bond donors (Lipinski definition) is 0. The third-order valence-electron chi connectivity index (χ3n) is 6.41. The maximum Gasteiger partial charge on any atom is 0.162 e. The van der Waals surface area contributed by atoms with E-state index in [4.69, 9.17) is 9.98 Å². The number of hydrogen-bond acceptors (Lipinski definition) is 1. The highest BCUT2D eigenvalue weighted by Crippen LogP contribution is 2.29. The Hall–Kier alpha value is -5.15. The van der Waals surface area contributed by atoms with Gasteiger partial charge in [0.05, 0.1) is 0 Å². The predicted octanol–water partition coefficient (Wildman–Crippen LogP) is 9.20. The van der Waals surface area contributed by atoms with E-state index in [0.29, 0.717) is 11.7 Å². The van der Waals surface area contributed by atoms with Crippen molar-refractivity contribution in [2.75, 3.05) is 0 Å². The number of allylic oxidation sites excluding steroid dienone is 5. The molecule has 0 unspecified atom stereocenters. The number of benzene rings is 5. The van der Waals surface area contributed by atoms with Gasteiger partial charge < -0.3 is 0 Å². The first-order valence-corrected chi connectivity index (χ1v) is 12.9. The second-order valence-electron chi connectivity index (χ2n) is 8.97. The molecule has 39 heavy (non-hydrogen) atoms. The van der Waals surface area contributed by atoms with Gasteiger partial charge in [0.2, 0.25) is 0 Å². The summed E-state index contributed by atoms with van der Waals surface area (Å²) in [5.74, 6) is 1.10. The second-order valence-corrected chi connectivity index (χ2v) is 8.97. The van der Waals surface area contributed by atoms with E-state index in [0.717, 1.165) is 21.9 Å². The molecule has 0 aromatic heterocycles. The van der Waals surface area contributed by atoms with Crippen molar-refractivity contribution in [3.63, 3.8) is 0 Å². The van der Waals surface area contributed by atoms with Crippen LogP contribution in [0.1, 0.15) is 18.1 Å². The summed E-state index contributed by atoms with van der Waals surface area (Å²) in [5.41, 5.74) is 4.16. The van der Waals surface area contributed by atoms with E-state index in [2.05, 4.69) is 84.5 Å². The molecule has 0 saturated carbocycles. The summed E-state index contributed by atoms with van der Waals surface area (Å²) in [6.07, 6.45) is 11.5. The lowest BCUT2D eigenvalue weighted by atomic mass is 9.96. The van der Waals surface area contributed by atoms with Gasteiger partial charge in [-0.3, -0.25) is 0 Å². The van der Waals surface area contributed by atoms with Crippen molar-refractivity contribution in [2.24, 2.45) is 15.0 Å². The van der Waals surface area contributed by atoms with Gasteiger partial charge in [0, 0.05) is 17.3 Å². The fourth-order valence-electron chi connectivity index (χ4n) is 4.47. The van der Waals surface area contributed by atoms with Crippen molar-refractivity contribution in [2.45, 2.75) is 6.92 Å². The van der Waals surface area contributed by atoms with E-state index in [1.54, 1.807) is 6.20 Å². The molecular weight excluding hydrogens is 474 g/mol. The number of aliphatic imine (C=N–C) groups is 3. The fourth-order valence-corrected chi connectivity index (χ4v) is 4.47. The molecule has 0 aliphatic carbocycles. The highest BCUT2D eigenvalue weighted by molar-refractivity contribution is 6.17. The third-order valence-corrected chi connectivity index (χ3v) is 6.41. The zero-order valence-corrected chi connectivity index (χ0v) is 21.9. The van der Waals surface area contributed by atoms with Gasteiger partial charge >= 0.3 is 0 Å². The van der Waals surface area contributed by atoms with Crippen molar-refractivity contribution in [1.29, 1.82) is 0 Å². The Kier molecular flexibility index (Phi) is 8.10. The Labute approximate surface area is 229 Å². The second kappa shape index (κ2) is 12.4. The van der Waals surface area contributed by atoms with Crippen molar-refractivity contribution < 1.29 is 0 Å². The molecule has 3 heteroatoms. The van der Waals surface area contributed by atoms with Crippen LogP contribution in [0.25, 0.3) is 32.7 Å². The predicted molar refractivity (Wildman–Crippen MR) is 169 cm³/mol. The molecule has 0 saturated heterocycles. The van der Waals surface area contributed by atoms with E-state index < -0.39 is 0 Å². The summed E-state index contributed by atoms with van der Waals surface area (Å²) >= 11 is 0. The largest absolute Gasteiger partial charge is 0.244 e. The van der Waals surface area contributed by atoms with Gasteiger partial charge in [-0.1, -0.05) is 121 Å². The minimum Gasteiger partial charge on any atom is -0.244 e. The summed E-state index contributed by atoms with van der Waals surface area (Å²) in [6, 6.07) is 37.6. The average Bonchev–Trinajstić information content (AvgIpc) is 3.00. The van der Waals surface area contributed by atoms with Crippen molar-refractivity contribution in [3.8, 4) is 11.1 Å². The number of nitrogens with zero attached hydrogens (tertiary/aromatic N) is 3. The molecule has 188 valence electrons. The lowest BCUT2D eigenvalue weighted by Gasteiger charge is -2.10. The van der Waals surface area contributed by atoms with Crippen molar-refractivity contribution >= 4 is 39.9 Å². The normalized spacial score (nSPS) is 12.8. The van der Waals surface area contributed by atoms with Gasteiger partial charge in [-0.2, -0.15) is 0 Å². The lowest BCUT2D eigenvalue weighted by molar-refractivity contribution is 1.44. The van der Waals surface area contributed by atoms with Crippen LogP contribution in [0.2, 0.25) is 0 Å². The van der Waals surface area contributed by atoms with E-state index in [1.165, 1.54) is 21.9 Å². The maximum atomic E-state index is 4.88. The first-order valence-electron chi connectivity index (χ1n) is 12.9. The fraction of sp³-hybridized carbons (Fsp3) is 0.0278. The van der Waals surface area contributed by atoms with Crippen LogP contribution in [0.5, 0.6) is 0 Å². The Morgan fingerprint density at radius 3 is 2.10 bits per heavy atom. The van der Waals surface area contributed by atoms with Crippen LogP contribution in [0.15, 0.2) is 161 Å². The molecule has 0 aliphatic heterocycles. The van der Waals surface area contributed by atoms with Gasteiger partial charge in [0.1, 0.15) is 0 Å². The van der Waals surface area contributed by atoms with Crippen LogP contribution >= 0.6 is 0 Å². The zero-order valence-electron chi connectivity index (χ0n) is 21.9. The topological polar surface area (TPSA) is 37.1 Å². The monoisotopic (exact) mass is 503 g/mol. The van der Waals surface area contributed by atoms with E-state index in [1.807, 2.05) is 73.7 Å². The van der Waals surface area contributed by atoms with Crippen molar-refractivity contribution in [1.82, 2.24) is 0 Å². The highest BCUT2D eigenvalue weighted by Gasteiger charge is 2.11. The quantitative estimate of drug-likeness (QED) is 0.126. The molecule has 0 heterocycles. The maximum absolute atomic E-state index is 4.88. The summed E-state index contributed by atoms with van der Waals surface area (Å²) in [5, 5.41) is 4.65. The van der Waals surface area contributed by atoms with E-state index >= 15 is 0 Å². The smallest absolute Gasteiger partial charge is 0.162 e. The standard InChI is InChI=1S/C36H29N3/c1-3-4-5-6-12-24-38-36(39-35(37-2)28-15-8-7-9-16-28)34-19-13-18-32-26-31(22-23-33(32)34)30-21-20-27-14-10-11-17-29(27)25-30/h3-26H,2H2,1H3/b4-3+,6-5-,24-12-,38-36?,39-35?. The van der Waals surface area contributed by atoms with Gasteiger partial charge in [-0.15, -0.1) is 0 Å². The van der Waals surface area contributed by atoms with E-state index in [-0.39, 0.29) is 0 Å². The van der Waals surface area contributed by atoms with E-state index in [9.17, 15) is 0 Å². The minimum atomic E-state index is 0.525. The molecule has 5 rings (SSSR count). The van der Waals surface area contributed by atoms with Crippen LogP contribution in [0.4, 0.5) is 0 Å². The van der Waals surface area contributed by atoms with Gasteiger partial charge in [0.15, 0.2) is 11.7 Å². The molecule has 0 radical (unpaired) electrons. The minimum absolute atomic E-state index is 0.525. The number of rotatable bonds is 6. The van der Waals surface area contributed by atoms with Crippen LogP contribution in [0, 0.1) is 0 Å². The highest BCUT2D eigenvalue weighted by atomic mass is 15.0. The third kappa shape index (κ3) is 6.06. The first kappa shape index (κ1) is 25.5. The van der Waals surface area contributed by atoms with Gasteiger partial charge in [-0.05, 0) is 64.5 Å². The summed E-state index contributed by atoms with van der Waals surface area (Å²) < 4.78 is 0. The van der Waals surface area contributed by atoms with Gasteiger partial charge in [-0.25, -0.2) is 15.0 Å². The van der Waals surface area contributed by atoms with Crippen LogP contribution in [-0.4, -0.2) is 18.4 Å². The Morgan fingerprint density at radius 2 is 1.31 bits per heavy atom. The Bertz CT molecular complexity index is 1770. The number of amidine groups is 2. The van der Waals surface area contributed by atoms with Crippen molar-refractivity contribution in [3.05, 3.63) is 157 Å². The lowest BCUT2D eigenvalue weighted by Crippen LogP contribution is -2.05. The molecule has 5 aromatic carbocycles.